The van der Waals surface area contributed by atoms with Crippen LogP contribution in [0.3, 0.4) is 0 Å². The van der Waals surface area contributed by atoms with Crippen LogP contribution < -0.4 is 24.8 Å². The molecule has 0 saturated heterocycles. The maximum atomic E-state index is 5.84. The van der Waals surface area contributed by atoms with Crippen molar-refractivity contribution < 1.29 is 14.2 Å². The molecule has 6 nitrogen and oxygen atoms in total. The number of methoxy groups -OCH3 is 2. The first kappa shape index (κ1) is 21.9. The Kier molecular flexibility index (Phi) is 9.64. The number of halogens is 1. The van der Waals surface area contributed by atoms with Crippen molar-refractivity contribution in [1.29, 1.82) is 0 Å². The van der Waals surface area contributed by atoms with Crippen LogP contribution in [0.4, 0.5) is 5.69 Å². The number of rotatable bonds is 7. The quantitative estimate of drug-likeness (QED) is 0.366. The molecule has 0 radical (unpaired) electrons. The Morgan fingerprint density at radius 3 is 2.35 bits per heavy atom. The fourth-order valence-corrected chi connectivity index (χ4v) is 2.24. The predicted octanol–water partition coefficient (Wildman–Crippen LogP) is 3.78. The summed E-state index contributed by atoms with van der Waals surface area (Å²) in [5.74, 6) is 2.83. The Morgan fingerprint density at radius 2 is 1.73 bits per heavy atom. The van der Waals surface area contributed by atoms with Gasteiger partial charge in [-0.15, -0.1) is 24.0 Å². The van der Waals surface area contributed by atoms with Crippen molar-refractivity contribution in [2.75, 3.05) is 33.1 Å². The fourth-order valence-electron chi connectivity index (χ4n) is 2.24. The number of nitrogens with zero attached hydrogens (tertiary/aromatic N) is 1. The van der Waals surface area contributed by atoms with Gasteiger partial charge in [-0.1, -0.05) is 18.2 Å². The lowest BCUT2D eigenvalue weighted by Gasteiger charge is -2.18. The lowest BCUT2D eigenvalue weighted by molar-refractivity contribution is 0.224. The minimum absolute atomic E-state index is 0. The number of benzene rings is 2. The highest BCUT2D eigenvalue weighted by Crippen LogP contribution is 2.29. The Hall–Kier alpha value is -2.16. The summed E-state index contributed by atoms with van der Waals surface area (Å²) in [5, 5.41) is 6.47. The van der Waals surface area contributed by atoms with Crippen molar-refractivity contribution >= 4 is 35.6 Å². The lowest BCUT2D eigenvalue weighted by atomic mass is 10.2. The zero-order valence-electron chi connectivity index (χ0n) is 15.5. The highest BCUT2D eigenvalue weighted by molar-refractivity contribution is 14.0. The molecule has 0 fully saturated rings. The van der Waals surface area contributed by atoms with Crippen molar-refractivity contribution in [2.24, 2.45) is 4.99 Å². The number of para-hydroxylation sites is 1. The van der Waals surface area contributed by atoms with Gasteiger partial charge in [0.2, 0.25) is 0 Å². The van der Waals surface area contributed by atoms with Crippen LogP contribution in [0.2, 0.25) is 0 Å². The molecule has 0 amide bonds. The number of nitrogens with one attached hydrogen (secondary N) is 2. The fraction of sp³-hybridized carbons (Fsp3) is 0.316. The number of ether oxygens (including phenoxy) is 3. The molecule has 0 spiro atoms. The van der Waals surface area contributed by atoms with Gasteiger partial charge in [0.05, 0.1) is 20.8 Å². The van der Waals surface area contributed by atoms with Crippen molar-refractivity contribution in [3.63, 3.8) is 0 Å². The van der Waals surface area contributed by atoms with Gasteiger partial charge < -0.3 is 24.8 Å². The van der Waals surface area contributed by atoms with Crippen molar-refractivity contribution in [2.45, 2.75) is 13.0 Å². The van der Waals surface area contributed by atoms with E-state index in [1.54, 1.807) is 21.3 Å². The number of hydrogen-bond acceptors (Lipinski definition) is 4. The highest BCUT2D eigenvalue weighted by Gasteiger charge is 2.08. The van der Waals surface area contributed by atoms with Crippen LogP contribution in [-0.2, 0) is 0 Å². The Bertz CT molecular complexity index is 696. The molecule has 1 unspecified atom stereocenters. The molecule has 0 aliphatic rings. The van der Waals surface area contributed by atoms with Gasteiger partial charge in [-0.3, -0.25) is 4.99 Å². The van der Waals surface area contributed by atoms with Crippen LogP contribution in [0.5, 0.6) is 17.2 Å². The zero-order valence-corrected chi connectivity index (χ0v) is 17.8. The van der Waals surface area contributed by atoms with E-state index in [2.05, 4.69) is 15.6 Å². The number of guanidine groups is 1. The molecule has 0 aliphatic carbocycles. The SMILES string of the molecule is CN=C(NCC(C)Oc1ccccc1)Nc1ccc(OC)c(OC)c1.I. The van der Waals surface area contributed by atoms with E-state index in [1.165, 1.54) is 0 Å². The standard InChI is InChI=1S/C19H25N3O3.HI/c1-14(25-16-8-6-5-7-9-16)13-21-19(20-2)22-15-10-11-17(23-3)18(12-15)24-4;/h5-12,14H,13H2,1-4H3,(H2,20,21,22);1H. The van der Waals surface area contributed by atoms with Gasteiger partial charge in [0.15, 0.2) is 17.5 Å². The summed E-state index contributed by atoms with van der Waals surface area (Å²) in [4.78, 5) is 4.23. The van der Waals surface area contributed by atoms with Gasteiger partial charge in [-0.05, 0) is 31.2 Å². The van der Waals surface area contributed by atoms with E-state index in [0.29, 0.717) is 24.0 Å². The summed E-state index contributed by atoms with van der Waals surface area (Å²) >= 11 is 0. The molecule has 1 atom stereocenters. The van der Waals surface area contributed by atoms with E-state index in [1.807, 2.05) is 55.5 Å². The Balaban J connectivity index is 0.00000338. The highest BCUT2D eigenvalue weighted by atomic mass is 127. The van der Waals surface area contributed by atoms with Crippen LogP contribution in [0.15, 0.2) is 53.5 Å². The maximum Gasteiger partial charge on any atom is 0.195 e. The second-order valence-corrected chi connectivity index (χ2v) is 5.39. The van der Waals surface area contributed by atoms with Gasteiger partial charge in [-0.25, -0.2) is 0 Å². The van der Waals surface area contributed by atoms with Crippen molar-refractivity contribution in [3.8, 4) is 17.2 Å². The van der Waals surface area contributed by atoms with E-state index in [0.717, 1.165) is 11.4 Å². The molecule has 2 rings (SSSR count). The summed E-state index contributed by atoms with van der Waals surface area (Å²) < 4.78 is 16.4. The molecule has 0 bridgehead atoms. The van der Waals surface area contributed by atoms with E-state index in [9.17, 15) is 0 Å². The maximum absolute atomic E-state index is 5.84. The van der Waals surface area contributed by atoms with Crippen molar-refractivity contribution in [1.82, 2.24) is 5.32 Å². The number of anilines is 1. The number of hydrogen-bond donors (Lipinski definition) is 2. The minimum atomic E-state index is -0.00801. The second-order valence-electron chi connectivity index (χ2n) is 5.39. The number of aliphatic imine (C=N–C) groups is 1. The average Bonchev–Trinajstić information content (AvgIpc) is 2.65. The van der Waals surface area contributed by atoms with Crippen LogP contribution in [0.1, 0.15) is 6.92 Å². The first-order valence-electron chi connectivity index (χ1n) is 8.07. The molecule has 0 aromatic heterocycles. The first-order valence-corrected chi connectivity index (χ1v) is 8.07. The molecule has 142 valence electrons. The topological polar surface area (TPSA) is 64.1 Å². The lowest BCUT2D eigenvalue weighted by Crippen LogP contribution is -2.37. The molecular weight excluding hydrogens is 445 g/mol. The monoisotopic (exact) mass is 471 g/mol. The molecule has 0 saturated carbocycles. The van der Waals surface area contributed by atoms with Crippen LogP contribution in [0.25, 0.3) is 0 Å². The Labute approximate surface area is 172 Å². The smallest absolute Gasteiger partial charge is 0.195 e. The molecule has 2 N–H and O–H groups in total. The van der Waals surface area contributed by atoms with E-state index < -0.39 is 0 Å². The third-order valence-corrected chi connectivity index (χ3v) is 3.51. The van der Waals surface area contributed by atoms with Crippen molar-refractivity contribution in [3.05, 3.63) is 48.5 Å². The van der Waals surface area contributed by atoms with Gasteiger partial charge in [0, 0.05) is 18.8 Å². The molecular formula is C19H26IN3O3. The predicted molar refractivity (Wildman–Crippen MR) is 116 cm³/mol. The molecule has 26 heavy (non-hydrogen) atoms. The summed E-state index contributed by atoms with van der Waals surface area (Å²) in [6.07, 6.45) is -0.00801. The summed E-state index contributed by atoms with van der Waals surface area (Å²) in [6.45, 7) is 2.62. The summed E-state index contributed by atoms with van der Waals surface area (Å²) in [6, 6.07) is 15.3. The third-order valence-electron chi connectivity index (χ3n) is 3.51. The zero-order chi connectivity index (χ0) is 18.1. The minimum Gasteiger partial charge on any atom is -0.493 e. The average molecular weight is 471 g/mol. The van der Waals surface area contributed by atoms with Gasteiger partial charge in [-0.2, -0.15) is 0 Å². The van der Waals surface area contributed by atoms with E-state index in [-0.39, 0.29) is 30.1 Å². The van der Waals surface area contributed by atoms with Crippen LogP contribution >= 0.6 is 24.0 Å². The molecule has 0 aliphatic heterocycles. The third kappa shape index (κ3) is 6.62. The molecule has 2 aromatic rings. The van der Waals surface area contributed by atoms with Gasteiger partial charge in [0.1, 0.15) is 11.9 Å². The Morgan fingerprint density at radius 1 is 1.04 bits per heavy atom. The molecule has 0 heterocycles. The molecule has 7 heteroatoms. The van der Waals surface area contributed by atoms with Gasteiger partial charge >= 0.3 is 0 Å². The summed E-state index contributed by atoms with van der Waals surface area (Å²) in [5.41, 5.74) is 0.849. The largest absolute Gasteiger partial charge is 0.493 e. The van der Waals surface area contributed by atoms with E-state index in [4.69, 9.17) is 14.2 Å². The van der Waals surface area contributed by atoms with Crippen LogP contribution in [0, 0.1) is 0 Å². The van der Waals surface area contributed by atoms with Gasteiger partial charge in [0.25, 0.3) is 0 Å². The molecule has 2 aromatic carbocycles. The second kappa shape index (κ2) is 11.5. The first-order chi connectivity index (χ1) is 12.2. The van der Waals surface area contributed by atoms with Crippen LogP contribution in [-0.4, -0.2) is 39.9 Å². The summed E-state index contributed by atoms with van der Waals surface area (Å²) in [7, 11) is 4.94. The van der Waals surface area contributed by atoms with E-state index >= 15 is 0 Å². The normalized spacial score (nSPS) is 11.8.